The lowest BCUT2D eigenvalue weighted by Gasteiger charge is -2.33. The Morgan fingerprint density at radius 2 is 2.07 bits per heavy atom. The van der Waals surface area contributed by atoms with E-state index in [1.54, 1.807) is 0 Å². The van der Waals surface area contributed by atoms with Crippen molar-refractivity contribution in [3.63, 3.8) is 0 Å². The number of rotatable bonds is 6. The van der Waals surface area contributed by atoms with Crippen LogP contribution in [0.2, 0.25) is 0 Å². The number of nitrogens with zero attached hydrogens (tertiary/aromatic N) is 3. The summed E-state index contributed by atoms with van der Waals surface area (Å²) in [5, 5.41) is 10.2. The SMILES string of the molecule is CC1CCC2(CC1)NC(=O)N(NC(=O)CSc1n[nH]c(=O)n1CC1CCCO1)C2=O. The van der Waals surface area contributed by atoms with Gasteiger partial charge in [-0.3, -0.25) is 19.6 Å². The summed E-state index contributed by atoms with van der Waals surface area (Å²) in [7, 11) is 0. The maximum Gasteiger partial charge on any atom is 0.344 e. The highest BCUT2D eigenvalue weighted by Crippen LogP contribution is 2.35. The van der Waals surface area contributed by atoms with E-state index in [1.807, 2.05) is 0 Å². The molecule has 1 aromatic rings. The number of H-pyrrole nitrogens is 1. The molecule has 4 amide bonds. The van der Waals surface area contributed by atoms with E-state index in [9.17, 15) is 19.2 Å². The van der Waals surface area contributed by atoms with Gasteiger partial charge in [0.05, 0.1) is 18.4 Å². The molecule has 1 unspecified atom stereocenters. The number of hydrazine groups is 1. The third kappa shape index (κ3) is 4.10. The smallest absolute Gasteiger partial charge is 0.344 e. The zero-order valence-electron chi connectivity index (χ0n) is 16.8. The van der Waals surface area contributed by atoms with Crippen molar-refractivity contribution >= 4 is 29.6 Å². The van der Waals surface area contributed by atoms with E-state index in [0.29, 0.717) is 37.1 Å². The molecule has 1 atom stereocenters. The lowest BCUT2D eigenvalue weighted by molar-refractivity contribution is -0.139. The van der Waals surface area contributed by atoms with Crippen molar-refractivity contribution in [3.05, 3.63) is 10.5 Å². The normalized spacial score (nSPS) is 28.9. The molecule has 2 saturated heterocycles. The van der Waals surface area contributed by atoms with Crippen molar-refractivity contribution < 1.29 is 19.1 Å². The van der Waals surface area contributed by atoms with Crippen molar-refractivity contribution in [3.8, 4) is 0 Å². The maximum atomic E-state index is 12.8. The van der Waals surface area contributed by atoms with Crippen LogP contribution in [-0.2, 0) is 20.9 Å². The molecule has 0 aromatic carbocycles. The second-order valence-electron chi connectivity index (χ2n) is 8.22. The molecule has 164 valence electrons. The lowest BCUT2D eigenvalue weighted by atomic mass is 9.77. The largest absolute Gasteiger partial charge is 0.376 e. The van der Waals surface area contributed by atoms with Gasteiger partial charge in [-0.25, -0.2) is 14.7 Å². The minimum absolute atomic E-state index is 0.0474. The van der Waals surface area contributed by atoms with Crippen LogP contribution in [-0.4, -0.2) is 61.6 Å². The predicted octanol–water partition coefficient (Wildman–Crippen LogP) is 0.374. The van der Waals surface area contributed by atoms with Crippen LogP contribution in [0.4, 0.5) is 4.79 Å². The zero-order valence-corrected chi connectivity index (χ0v) is 17.6. The molecule has 1 spiro atoms. The molecule has 3 fully saturated rings. The van der Waals surface area contributed by atoms with E-state index < -0.39 is 23.4 Å². The third-order valence-corrected chi connectivity index (χ3v) is 6.97. The Labute approximate surface area is 177 Å². The van der Waals surface area contributed by atoms with Gasteiger partial charge in [0, 0.05) is 6.61 Å². The Bertz CT molecular complexity index is 884. The summed E-state index contributed by atoms with van der Waals surface area (Å²) < 4.78 is 7.00. The Balaban J connectivity index is 1.34. The molecule has 0 bridgehead atoms. The van der Waals surface area contributed by atoms with E-state index in [2.05, 4.69) is 27.9 Å². The first kappa shape index (κ1) is 20.9. The van der Waals surface area contributed by atoms with Gasteiger partial charge in [0.1, 0.15) is 5.54 Å². The van der Waals surface area contributed by atoms with Crippen LogP contribution in [0.5, 0.6) is 0 Å². The zero-order chi connectivity index (χ0) is 21.3. The first-order chi connectivity index (χ1) is 14.4. The molecule has 0 radical (unpaired) electrons. The van der Waals surface area contributed by atoms with Crippen LogP contribution in [0.25, 0.3) is 0 Å². The summed E-state index contributed by atoms with van der Waals surface area (Å²) in [6.07, 6.45) is 4.62. The summed E-state index contributed by atoms with van der Waals surface area (Å²) in [5.74, 6) is -0.519. The summed E-state index contributed by atoms with van der Waals surface area (Å²) in [4.78, 5) is 49.5. The van der Waals surface area contributed by atoms with Gasteiger partial charge < -0.3 is 10.1 Å². The Hall–Kier alpha value is -2.34. The van der Waals surface area contributed by atoms with Crippen molar-refractivity contribution in [1.82, 2.24) is 30.5 Å². The number of imide groups is 1. The van der Waals surface area contributed by atoms with Crippen LogP contribution in [0, 0.1) is 5.92 Å². The summed E-state index contributed by atoms with van der Waals surface area (Å²) in [6.45, 7) is 3.17. The van der Waals surface area contributed by atoms with Crippen molar-refractivity contribution in [2.75, 3.05) is 12.4 Å². The highest BCUT2D eigenvalue weighted by molar-refractivity contribution is 7.99. The number of hydrogen-bond donors (Lipinski definition) is 3. The fraction of sp³-hybridized carbons (Fsp3) is 0.722. The molecule has 2 aliphatic heterocycles. The quantitative estimate of drug-likeness (QED) is 0.431. The van der Waals surface area contributed by atoms with Gasteiger partial charge in [0.15, 0.2) is 5.16 Å². The van der Waals surface area contributed by atoms with E-state index in [4.69, 9.17) is 4.74 Å². The molecule has 4 rings (SSSR count). The first-order valence-electron chi connectivity index (χ1n) is 10.2. The van der Waals surface area contributed by atoms with E-state index in [0.717, 1.165) is 42.5 Å². The van der Waals surface area contributed by atoms with Crippen LogP contribution >= 0.6 is 11.8 Å². The predicted molar refractivity (Wildman–Crippen MR) is 106 cm³/mol. The average molecular weight is 439 g/mol. The minimum Gasteiger partial charge on any atom is -0.376 e. The number of hydrogen-bond acceptors (Lipinski definition) is 7. The van der Waals surface area contributed by atoms with E-state index in [-0.39, 0.29) is 17.5 Å². The van der Waals surface area contributed by atoms with Crippen molar-refractivity contribution in [1.29, 1.82) is 0 Å². The first-order valence-corrected chi connectivity index (χ1v) is 11.2. The number of aromatic nitrogens is 3. The topological polar surface area (TPSA) is 138 Å². The Morgan fingerprint density at radius 3 is 2.77 bits per heavy atom. The number of carbonyl (C=O) groups is 3. The molecule has 3 N–H and O–H groups in total. The number of carbonyl (C=O) groups excluding carboxylic acids is 3. The number of amides is 4. The minimum atomic E-state index is -0.909. The van der Waals surface area contributed by atoms with Crippen LogP contribution in [0.3, 0.4) is 0 Å². The molecule has 30 heavy (non-hydrogen) atoms. The average Bonchev–Trinajstić information content (AvgIpc) is 3.41. The maximum absolute atomic E-state index is 12.8. The summed E-state index contributed by atoms with van der Waals surface area (Å²) >= 11 is 1.06. The molecule has 1 saturated carbocycles. The fourth-order valence-corrected chi connectivity index (χ4v) is 4.92. The van der Waals surface area contributed by atoms with Gasteiger partial charge in [-0.1, -0.05) is 18.7 Å². The molecule has 12 heteroatoms. The van der Waals surface area contributed by atoms with Gasteiger partial charge >= 0.3 is 11.7 Å². The number of nitrogens with one attached hydrogen (secondary N) is 3. The van der Waals surface area contributed by atoms with Gasteiger partial charge in [-0.05, 0) is 44.4 Å². The Kier molecular flexibility index (Phi) is 5.87. The fourth-order valence-electron chi connectivity index (χ4n) is 4.17. The molecule has 1 aromatic heterocycles. The molecule has 1 aliphatic carbocycles. The van der Waals surface area contributed by atoms with Gasteiger partial charge in [0.25, 0.3) is 5.91 Å². The second kappa shape index (κ2) is 8.42. The number of urea groups is 1. The Morgan fingerprint density at radius 1 is 1.30 bits per heavy atom. The van der Waals surface area contributed by atoms with Crippen LogP contribution in [0.1, 0.15) is 45.4 Å². The summed E-state index contributed by atoms with van der Waals surface area (Å²) in [5.41, 5.74) is 1.12. The number of ether oxygens (including phenoxy) is 1. The van der Waals surface area contributed by atoms with Crippen LogP contribution < -0.4 is 16.4 Å². The molecule has 3 heterocycles. The number of aromatic amines is 1. The highest BCUT2D eigenvalue weighted by atomic mass is 32.2. The van der Waals surface area contributed by atoms with Gasteiger partial charge in [0.2, 0.25) is 5.91 Å². The highest BCUT2D eigenvalue weighted by Gasteiger charge is 2.52. The molecule has 11 nitrogen and oxygen atoms in total. The van der Waals surface area contributed by atoms with E-state index in [1.165, 1.54) is 4.57 Å². The third-order valence-electron chi connectivity index (χ3n) is 5.99. The van der Waals surface area contributed by atoms with Crippen molar-refractivity contribution in [2.45, 2.75) is 68.8 Å². The van der Waals surface area contributed by atoms with Gasteiger partial charge in [-0.2, -0.15) is 5.01 Å². The van der Waals surface area contributed by atoms with E-state index >= 15 is 0 Å². The van der Waals surface area contributed by atoms with Crippen LogP contribution in [0.15, 0.2) is 9.95 Å². The van der Waals surface area contributed by atoms with Crippen molar-refractivity contribution in [2.24, 2.45) is 5.92 Å². The molecule has 3 aliphatic rings. The van der Waals surface area contributed by atoms with Gasteiger partial charge in [-0.15, -0.1) is 5.10 Å². The summed E-state index contributed by atoms with van der Waals surface area (Å²) in [6, 6.07) is -0.608. The number of thioether (sulfide) groups is 1. The standard InChI is InChI=1S/C18H26N6O5S/c1-11-4-6-18(7-5-11)14(26)24(15(27)19-18)22-13(25)10-30-17-21-20-16(28)23(17)9-12-3-2-8-29-12/h11-12H,2-10H2,1H3,(H,19,27)(H,20,28)(H,22,25). The second-order valence-corrected chi connectivity index (χ2v) is 9.16. The molecular formula is C18H26N6O5S. The monoisotopic (exact) mass is 438 g/mol. The molecular weight excluding hydrogens is 412 g/mol. The lowest BCUT2D eigenvalue weighted by Crippen LogP contribution is -2.51.